The van der Waals surface area contributed by atoms with Gasteiger partial charge in [0, 0.05) is 12.6 Å². The molecule has 1 rings (SSSR count). The standard InChI is InChI=1S/C14H29NO/c1-5-12(15)13(14(2,3)4)16-10-11-8-6-7-9-11/h11-13H,5-10,15H2,1-4H3. The van der Waals surface area contributed by atoms with E-state index in [0.717, 1.165) is 18.9 Å². The van der Waals surface area contributed by atoms with Gasteiger partial charge in [0.2, 0.25) is 0 Å². The highest BCUT2D eigenvalue weighted by molar-refractivity contribution is 4.84. The Labute approximate surface area is 101 Å². The second kappa shape index (κ2) is 6.02. The summed E-state index contributed by atoms with van der Waals surface area (Å²) < 4.78 is 6.12. The zero-order valence-electron chi connectivity index (χ0n) is 11.5. The van der Waals surface area contributed by atoms with Gasteiger partial charge in [-0.3, -0.25) is 0 Å². The van der Waals surface area contributed by atoms with Crippen LogP contribution in [-0.4, -0.2) is 18.8 Å². The molecular formula is C14H29NO. The van der Waals surface area contributed by atoms with E-state index in [-0.39, 0.29) is 17.6 Å². The summed E-state index contributed by atoms with van der Waals surface area (Å²) in [5.41, 5.74) is 6.31. The van der Waals surface area contributed by atoms with E-state index < -0.39 is 0 Å². The highest BCUT2D eigenvalue weighted by Gasteiger charge is 2.31. The first-order valence-corrected chi connectivity index (χ1v) is 6.82. The van der Waals surface area contributed by atoms with Crippen LogP contribution in [0.5, 0.6) is 0 Å². The van der Waals surface area contributed by atoms with E-state index in [0.29, 0.717) is 0 Å². The number of nitrogens with two attached hydrogens (primary N) is 1. The minimum absolute atomic E-state index is 0.147. The summed E-state index contributed by atoms with van der Waals surface area (Å²) in [6.45, 7) is 9.73. The van der Waals surface area contributed by atoms with E-state index in [1.165, 1.54) is 25.7 Å². The van der Waals surface area contributed by atoms with Crippen LogP contribution in [0.4, 0.5) is 0 Å². The number of hydrogen-bond acceptors (Lipinski definition) is 2. The Morgan fingerprint density at radius 2 is 1.81 bits per heavy atom. The third-order valence-electron chi connectivity index (χ3n) is 3.70. The van der Waals surface area contributed by atoms with Gasteiger partial charge in [-0.1, -0.05) is 40.5 Å². The molecule has 1 saturated carbocycles. The predicted molar refractivity (Wildman–Crippen MR) is 69.4 cm³/mol. The second-order valence-electron chi connectivity index (χ2n) is 6.34. The van der Waals surface area contributed by atoms with Crippen molar-refractivity contribution >= 4 is 0 Å². The molecule has 1 fully saturated rings. The molecule has 0 bridgehead atoms. The third-order valence-corrected chi connectivity index (χ3v) is 3.70. The van der Waals surface area contributed by atoms with Crippen molar-refractivity contribution < 1.29 is 4.74 Å². The molecule has 0 amide bonds. The van der Waals surface area contributed by atoms with Crippen LogP contribution in [0.2, 0.25) is 0 Å². The maximum atomic E-state index is 6.16. The average molecular weight is 227 g/mol. The SMILES string of the molecule is CCC(N)C(OCC1CCCC1)C(C)(C)C. The van der Waals surface area contributed by atoms with Gasteiger partial charge in [0.05, 0.1) is 6.10 Å². The maximum absolute atomic E-state index is 6.16. The Hall–Kier alpha value is -0.0800. The van der Waals surface area contributed by atoms with Gasteiger partial charge in [-0.25, -0.2) is 0 Å². The molecule has 0 saturated heterocycles. The summed E-state index contributed by atoms with van der Waals surface area (Å²) in [4.78, 5) is 0. The zero-order valence-corrected chi connectivity index (χ0v) is 11.5. The highest BCUT2D eigenvalue weighted by atomic mass is 16.5. The average Bonchev–Trinajstić information content (AvgIpc) is 2.68. The Kier molecular flexibility index (Phi) is 5.26. The fourth-order valence-corrected chi connectivity index (χ4v) is 2.65. The number of hydrogen-bond donors (Lipinski definition) is 1. The summed E-state index contributed by atoms with van der Waals surface area (Å²) >= 11 is 0. The fraction of sp³-hybridized carbons (Fsp3) is 1.00. The monoisotopic (exact) mass is 227 g/mol. The van der Waals surface area contributed by atoms with Crippen molar-refractivity contribution in [2.75, 3.05) is 6.61 Å². The quantitative estimate of drug-likeness (QED) is 0.781. The van der Waals surface area contributed by atoms with Crippen molar-refractivity contribution in [1.82, 2.24) is 0 Å². The first kappa shape index (κ1) is 14.0. The number of rotatable bonds is 5. The predicted octanol–water partition coefficient (Wildman–Crippen LogP) is 3.35. The molecule has 2 atom stereocenters. The van der Waals surface area contributed by atoms with E-state index in [1.807, 2.05) is 0 Å². The van der Waals surface area contributed by atoms with Crippen LogP contribution >= 0.6 is 0 Å². The molecule has 2 heteroatoms. The van der Waals surface area contributed by atoms with Gasteiger partial charge in [0.1, 0.15) is 0 Å². The third kappa shape index (κ3) is 4.06. The Morgan fingerprint density at radius 1 is 1.25 bits per heavy atom. The molecule has 0 aliphatic heterocycles. The second-order valence-corrected chi connectivity index (χ2v) is 6.34. The van der Waals surface area contributed by atoms with Crippen molar-refractivity contribution in [3.05, 3.63) is 0 Å². The van der Waals surface area contributed by atoms with Crippen LogP contribution < -0.4 is 5.73 Å². The van der Waals surface area contributed by atoms with Crippen LogP contribution in [0.3, 0.4) is 0 Å². The highest BCUT2D eigenvalue weighted by Crippen LogP contribution is 2.29. The lowest BCUT2D eigenvalue weighted by molar-refractivity contribution is -0.0476. The first-order valence-electron chi connectivity index (χ1n) is 6.82. The largest absolute Gasteiger partial charge is 0.376 e. The summed E-state index contributed by atoms with van der Waals surface area (Å²) in [7, 11) is 0. The van der Waals surface area contributed by atoms with Crippen LogP contribution in [0.25, 0.3) is 0 Å². The molecule has 1 aliphatic carbocycles. The smallest absolute Gasteiger partial charge is 0.0774 e. The molecule has 1 aliphatic rings. The molecule has 0 aromatic rings. The summed E-state index contributed by atoms with van der Waals surface area (Å²) in [5.74, 6) is 0.786. The molecule has 2 nitrogen and oxygen atoms in total. The molecule has 0 spiro atoms. The molecule has 16 heavy (non-hydrogen) atoms. The van der Waals surface area contributed by atoms with Crippen LogP contribution in [0.1, 0.15) is 59.8 Å². The Bertz CT molecular complexity index is 191. The topological polar surface area (TPSA) is 35.2 Å². The molecule has 0 aromatic heterocycles. The van der Waals surface area contributed by atoms with E-state index in [1.54, 1.807) is 0 Å². The lowest BCUT2D eigenvalue weighted by Gasteiger charge is -2.35. The van der Waals surface area contributed by atoms with Gasteiger partial charge in [-0.05, 0) is 30.6 Å². The van der Waals surface area contributed by atoms with E-state index >= 15 is 0 Å². The van der Waals surface area contributed by atoms with Gasteiger partial charge < -0.3 is 10.5 Å². The van der Waals surface area contributed by atoms with Crippen molar-refractivity contribution in [2.45, 2.75) is 71.9 Å². The number of ether oxygens (including phenoxy) is 1. The molecule has 0 radical (unpaired) electrons. The molecule has 2 unspecified atom stereocenters. The Morgan fingerprint density at radius 3 is 2.25 bits per heavy atom. The zero-order chi connectivity index (χ0) is 12.2. The van der Waals surface area contributed by atoms with Gasteiger partial charge in [0.25, 0.3) is 0 Å². The minimum Gasteiger partial charge on any atom is -0.376 e. The molecule has 96 valence electrons. The van der Waals surface area contributed by atoms with Gasteiger partial charge >= 0.3 is 0 Å². The van der Waals surface area contributed by atoms with Gasteiger partial charge in [-0.2, -0.15) is 0 Å². The molecular weight excluding hydrogens is 198 g/mol. The lowest BCUT2D eigenvalue weighted by Crippen LogP contribution is -2.45. The Balaban J connectivity index is 2.43. The summed E-state index contributed by atoms with van der Waals surface area (Å²) in [5, 5.41) is 0. The van der Waals surface area contributed by atoms with E-state index in [2.05, 4.69) is 27.7 Å². The van der Waals surface area contributed by atoms with Crippen LogP contribution in [0.15, 0.2) is 0 Å². The maximum Gasteiger partial charge on any atom is 0.0774 e. The summed E-state index contributed by atoms with van der Waals surface area (Å²) in [6, 6.07) is 0.168. The van der Waals surface area contributed by atoms with E-state index in [4.69, 9.17) is 10.5 Å². The van der Waals surface area contributed by atoms with Gasteiger partial charge in [0.15, 0.2) is 0 Å². The minimum atomic E-state index is 0.147. The first-order chi connectivity index (χ1) is 7.45. The van der Waals surface area contributed by atoms with Gasteiger partial charge in [-0.15, -0.1) is 0 Å². The molecule has 2 N–H and O–H groups in total. The molecule has 0 heterocycles. The van der Waals surface area contributed by atoms with Crippen LogP contribution in [0, 0.1) is 11.3 Å². The fourth-order valence-electron chi connectivity index (χ4n) is 2.65. The van der Waals surface area contributed by atoms with E-state index in [9.17, 15) is 0 Å². The van der Waals surface area contributed by atoms with Crippen molar-refractivity contribution in [3.8, 4) is 0 Å². The lowest BCUT2D eigenvalue weighted by atomic mass is 9.84. The normalized spacial score (nSPS) is 22.3. The van der Waals surface area contributed by atoms with Crippen molar-refractivity contribution in [2.24, 2.45) is 17.1 Å². The summed E-state index contributed by atoms with van der Waals surface area (Å²) in [6.07, 6.45) is 6.64. The van der Waals surface area contributed by atoms with Crippen molar-refractivity contribution in [3.63, 3.8) is 0 Å². The molecule has 0 aromatic carbocycles. The van der Waals surface area contributed by atoms with Crippen molar-refractivity contribution in [1.29, 1.82) is 0 Å². The van der Waals surface area contributed by atoms with Crippen LogP contribution in [-0.2, 0) is 4.74 Å².